The second-order valence-corrected chi connectivity index (χ2v) is 6.33. The molecule has 1 heterocycles. The largest absolute Gasteiger partial charge is 0.309 e. The lowest BCUT2D eigenvalue weighted by atomic mass is 10.3. The first-order chi connectivity index (χ1) is 7.75. The standard InChI is InChI=1S/C12H16N2S2.ClH/c1-14(2)8-5-9-15-12-13-10-6-3-4-7-11(10)16-12;/h3-4,6-7H,5,8-9H2,1-2H3;1H. The van der Waals surface area contributed by atoms with Crippen LogP contribution in [0.15, 0.2) is 28.6 Å². The van der Waals surface area contributed by atoms with Gasteiger partial charge in [-0.3, -0.25) is 0 Å². The van der Waals surface area contributed by atoms with E-state index in [1.807, 2.05) is 17.8 Å². The molecular formula is C12H17ClN2S2. The Hall–Kier alpha value is -0.290. The van der Waals surface area contributed by atoms with E-state index in [4.69, 9.17) is 0 Å². The molecule has 0 radical (unpaired) electrons. The molecule has 0 aliphatic rings. The summed E-state index contributed by atoms with van der Waals surface area (Å²) in [7, 11) is 4.23. The Labute approximate surface area is 117 Å². The summed E-state index contributed by atoms with van der Waals surface area (Å²) < 4.78 is 2.48. The SMILES string of the molecule is CN(C)CCCSc1nc2ccccc2s1.Cl. The van der Waals surface area contributed by atoms with Gasteiger partial charge in [-0.25, -0.2) is 4.98 Å². The zero-order chi connectivity index (χ0) is 11.4. The summed E-state index contributed by atoms with van der Waals surface area (Å²) in [6.07, 6.45) is 1.22. The second kappa shape index (κ2) is 7.21. The molecule has 0 saturated heterocycles. The summed E-state index contributed by atoms with van der Waals surface area (Å²) in [5, 5.41) is 0. The smallest absolute Gasteiger partial charge is 0.151 e. The van der Waals surface area contributed by atoms with Gasteiger partial charge in [0.2, 0.25) is 0 Å². The maximum atomic E-state index is 4.60. The van der Waals surface area contributed by atoms with E-state index in [-0.39, 0.29) is 12.4 Å². The van der Waals surface area contributed by atoms with Crippen molar-refractivity contribution in [1.82, 2.24) is 9.88 Å². The van der Waals surface area contributed by atoms with Crippen LogP contribution >= 0.6 is 35.5 Å². The number of thiazole rings is 1. The zero-order valence-corrected chi connectivity index (χ0v) is 12.5. The van der Waals surface area contributed by atoms with E-state index in [2.05, 4.69) is 42.2 Å². The van der Waals surface area contributed by atoms with Crippen molar-refractivity contribution >= 4 is 45.7 Å². The predicted molar refractivity (Wildman–Crippen MR) is 80.8 cm³/mol. The molecule has 17 heavy (non-hydrogen) atoms. The minimum Gasteiger partial charge on any atom is -0.309 e. The van der Waals surface area contributed by atoms with Crippen molar-refractivity contribution in [2.24, 2.45) is 0 Å². The topological polar surface area (TPSA) is 16.1 Å². The Balaban J connectivity index is 0.00000144. The first kappa shape index (κ1) is 14.8. The molecule has 0 unspecified atom stereocenters. The highest BCUT2D eigenvalue weighted by molar-refractivity contribution is 8.01. The van der Waals surface area contributed by atoms with Gasteiger partial charge in [-0.05, 0) is 39.2 Å². The van der Waals surface area contributed by atoms with E-state index < -0.39 is 0 Å². The van der Waals surface area contributed by atoms with Crippen LogP contribution in [0.4, 0.5) is 0 Å². The Morgan fingerprint density at radius 1 is 1.29 bits per heavy atom. The van der Waals surface area contributed by atoms with Crippen molar-refractivity contribution in [3.8, 4) is 0 Å². The fraction of sp³-hybridized carbons (Fsp3) is 0.417. The zero-order valence-electron chi connectivity index (χ0n) is 10.0. The lowest BCUT2D eigenvalue weighted by molar-refractivity contribution is 0.410. The molecule has 2 nitrogen and oxygen atoms in total. The van der Waals surface area contributed by atoms with Crippen LogP contribution in [0.3, 0.4) is 0 Å². The van der Waals surface area contributed by atoms with Gasteiger partial charge < -0.3 is 4.90 Å². The highest BCUT2D eigenvalue weighted by atomic mass is 35.5. The van der Waals surface area contributed by atoms with Crippen LogP contribution in [0.25, 0.3) is 10.2 Å². The normalized spacial score (nSPS) is 10.8. The molecular weight excluding hydrogens is 272 g/mol. The van der Waals surface area contributed by atoms with Crippen molar-refractivity contribution in [1.29, 1.82) is 0 Å². The number of benzene rings is 1. The Morgan fingerprint density at radius 2 is 2.06 bits per heavy atom. The summed E-state index contributed by atoms with van der Waals surface area (Å²) >= 11 is 3.66. The molecule has 5 heteroatoms. The molecule has 1 aromatic heterocycles. The van der Waals surface area contributed by atoms with Crippen LogP contribution in [0, 0.1) is 0 Å². The average molecular weight is 289 g/mol. The lowest BCUT2D eigenvalue weighted by Gasteiger charge is -2.07. The molecule has 2 rings (SSSR count). The van der Waals surface area contributed by atoms with Gasteiger partial charge in [-0.1, -0.05) is 23.9 Å². The minimum absolute atomic E-state index is 0. The maximum absolute atomic E-state index is 4.60. The lowest BCUT2D eigenvalue weighted by Crippen LogP contribution is -2.13. The van der Waals surface area contributed by atoms with E-state index in [0.29, 0.717) is 0 Å². The van der Waals surface area contributed by atoms with Crippen molar-refractivity contribution in [3.63, 3.8) is 0 Å². The molecule has 0 bridgehead atoms. The van der Waals surface area contributed by atoms with E-state index in [9.17, 15) is 0 Å². The number of hydrogen-bond donors (Lipinski definition) is 0. The first-order valence-corrected chi connectivity index (χ1v) is 7.19. The predicted octanol–water partition coefficient (Wildman–Crippen LogP) is 3.76. The quantitative estimate of drug-likeness (QED) is 0.616. The van der Waals surface area contributed by atoms with E-state index in [1.165, 1.54) is 15.5 Å². The van der Waals surface area contributed by atoms with E-state index in [0.717, 1.165) is 17.8 Å². The monoisotopic (exact) mass is 288 g/mol. The number of hydrogen-bond acceptors (Lipinski definition) is 4. The van der Waals surface area contributed by atoms with Gasteiger partial charge in [0, 0.05) is 5.75 Å². The van der Waals surface area contributed by atoms with Crippen LogP contribution in [0.1, 0.15) is 6.42 Å². The van der Waals surface area contributed by atoms with Crippen LogP contribution in [0.2, 0.25) is 0 Å². The van der Waals surface area contributed by atoms with Gasteiger partial charge in [-0.2, -0.15) is 0 Å². The van der Waals surface area contributed by atoms with Crippen molar-refractivity contribution < 1.29 is 0 Å². The van der Waals surface area contributed by atoms with Gasteiger partial charge in [0.15, 0.2) is 4.34 Å². The molecule has 0 saturated carbocycles. The third-order valence-corrected chi connectivity index (χ3v) is 4.52. The summed E-state index contributed by atoms with van der Waals surface area (Å²) in [6, 6.07) is 8.33. The van der Waals surface area contributed by atoms with Crippen LogP contribution < -0.4 is 0 Å². The summed E-state index contributed by atoms with van der Waals surface area (Å²) in [5.41, 5.74) is 1.13. The van der Waals surface area contributed by atoms with Crippen LogP contribution in [-0.4, -0.2) is 36.3 Å². The van der Waals surface area contributed by atoms with Crippen molar-refractivity contribution in [2.45, 2.75) is 10.8 Å². The first-order valence-electron chi connectivity index (χ1n) is 5.39. The van der Waals surface area contributed by atoms with Gasteiger partial charge >= 0.3 is 0 Å². The number of fused-ring (bicyclic) bond motifs is 1. The summed E-state index contributed by atoms with van der Waals surface area (Å²) in [5.74, 6) is 1.15. The highest BCUT2D eigenvalue weighted by Gasteiger charge is 2.03. The Kier molecular flexibility index (Phi) is 6.27. The van der Waals surface area contributed by atoms with Gasteiger partial charge in [0.25, 0.3) is 0 Å². The van der Waals surface area contributed by atoms with Gasteiger partial charge in [0.05, 0.1) is 10.2 Å². The molecule has 0 aliphatic carbocycles. The molecule has 0 spiro atoms. The summed E-state index contributed by atoms with van der Waals surface area (Å²) in [6.45, 7) is 1.15. The van der Waals surface area contributed by atoms with E-state index in [1.54, 1.807) is 11.3 Å². The Morgan fingerprint density at radius 3 is 2.76 bits per heavy atom. The molecule has 0 atom stereocenters. The molecule has 0 aliphatic heterocycles. The molecule has 0 amide bonds. The fourth-order valence-corrected chi connectivity index (χ4v) is 3.52. The number of thioether (sulfide) groups is 1. The minimum atomic E-state index is 0. The number of para-hydroxylation sites is 1. The van der Waals surface area contributed by atoms with Crippen molar-refractivity contribution in [2.75, 3.05) is 26.4 Å². The van der Waals surface area contributed by atoms with Crippen LogP contribution in [0.5, 0.6) is 0 Å². The molecule has 1 aromatic carbocycles. The maximum Gasteiger partial charge on any atom is 0.151 e. The number of halogens is 1. The van der Waals surface area contributed by atoms with E-state index >= 15 is 0 Å². The fourth-order valence-electron chi connectivity index (χ4n) is 1.45. The van der Waals surface area contributed by atoms with Crippen LogP contribution in [-0.2, 0) is 0 Å². The second-order valence-electron chi connectivity index (χ2n) is 3.95. The third kappa shape index (κ3) is 4.47. The highest BCUT2D eigenvalue weighted by Crippen LogP contribution is 2.29. The molecule has 0 N–H and O–H groups in total. The summed E-state index contributed by atoms with van der Waals surface area (Å²) in [4.78, 5) is 6.82. The van der Waals surface area contributed by atoms with Gasteiger partial charge in [-0.15, -0.1) is 23.7 Å². The number of nitrogens with zero attached hydrogens (tertiary/aromatic N) is 2. The Bertz CT molecular complexity index is 423. The third-order valence-electron chi connectivity index (χ3n) is 2.25. The molecule has 2 aromatic rings. The number of aromatic nitrogens is 1. The van der Waals surface area contributed by atoms with Crippen molar-refractivity contribution in [3.05, 3.63) is 24.3 Å². The van der Waals surface area contributed by atoms with Gasteiger partial charge in [0.1, 0.15) is 0 Å². The molecule has 94 valence electrons. The average Bonchev–Trinajstić information content (AvgIpc) is 2.66. The number of rotatable bonds is 5. The molecule has 0 fully saturated rings.